The van der Waals surface area contributed by atoms with Crippen molar-refractivity contribution in [2.24, 2.45) is 10.9 Å². The molecule has 2 aliphatic rings. The smallest absolute Gasteiger partial charge is 0.193 e. The van der Waals surface area contributed by atoms with Crippen molar-refractivity contribution in [3.63, 3.8) is 0 Å². The summed E-state index contributed by atoms with van der Waals surface area (Å²) in [5, 5.41) is 7.03. The molecule has 1 unspecified atom stereocenters. The largest absolute Gasteiger partial charge is 0.497 e. The fourth-order valence-electron chi connectivity index (χ4n) is 4.73. The van der Waals surface area contributed by atoms with E-state index >= 15 is 0 Å². The number of nitrogens with zero attached hydrogens (tertiary/aromatic N) is 4. The summed E-state index contributed by atoms with van der Waals surface area (Å²) in [5.74, 6) is 3.24. The maximum absolute atomic E-state index is 5.29. The third kappa shape index (κ3) is 6.57. The number of piperidine rings is 1. The molecule has 0 radical (unpaired) electrons. The molecule has 4 rings (SSSR count). The molecule has 0 bridgehead atoms. The van der Waals surface area contributed by atoms with Crippen LogP contribution in [0, 0.1) is 12.8 Å². The molecule has 1 aromatic heterocycles. The van der Waals surface area contributed by atoms with Gasteiger partial charge in [0.15, 0.2) is 5.96 Å². The Bertz CT molecular complexity index is 864. The van der Waals surface area contributed by atoms with Gasteiger partial charge in [0.2, 0.25) is 0 Å². The first kappa shape index (κ1) is 25.2. The van der Waals surface area contributed by atoms with Gasteiger partial charge in [-0.25, -0.2) is 4.98 Å². The van der Waals surface area contributed by atoms with Crippen LogP contribution in [0.3, 0.4) is 0 Å². The number of hydrogen-bond acceptors (Lipinski definition) is 5. The minimum atomic E-state index is 0. The molecule has 0 amide bonds. The van der Waals surface area contributed by atoms with E-state index in [2.05, 4.69) is 61.7 Å². The summed E-state index contributed by atoms with van der Waals surface area (Å²) < 4.78 is 5.29. The van der Waals surface area contributed by atoms with Gasteiger partial charge >= 0.3 is 0 Å². The van der Waals surface area contributed by atoms with Crippen LogP contribution in [0.5, 0.6) is 5.75 Å². The number of nitrogens with one attached hydrogen (secondary N) is 1. The van der Waals surface area contributed by atoms with Gasteiger partial charge in [0, 0.05) is 44.5 Å². The van der Waals surface area contributed by atoms with Crippen molar-refractivity contribution >= 4 is 41.3 Å². The Kier molecular flexibility index (Phi) is 9.61. The monoisotopic (exact) mass is 569 g/mol. The number of likely N-dealkylation sites (tertiary alicyclic amines) is 2. The van der Waals surface area contributed by atoms with E-state index in [1.54, 1.807) is 18.4 Å². The van der Waals surface area contributed by atoms with E-state index in [9.17, 15) is 0 Å². The predicted octanol–water partition coefficient (Wildman–Crippen LogP) is 4.36. The number of rotatable bonds is 6. The van der Waals surface area contributed by atoms with Crippen LogP contribution in [-0.4, -0.2) is 67.6 Å². The van der Waals surface area contributed by atoms with Gasteiger partial charge in [-0.15, -0.1) is 35.3 Å². The normalized spacial score (nSPS) is 20.3. The van der Waals surface area contributed by atoms with E-state index < -0.39 is 0 Å². The summed E-state index contributed by atoms with van der Waals surface area (Å²) in [4.78, 5) is 14.1. The summed E-state index contributed by atoms with van der Waals surface area (Å²) >= 11 is 1.75. The fraction of sp³-hybridized carbons (Fsp3) is 0.583. The van der Waals surface area contributed by atoms with Gasteiger partial charge in [0.1, 0.15) is 5.75 Å². The van der Waals surface area contributed by atoms with Crippen LogP contribution >= 0.6 is 35.3 Å². The third-order valence-electron chi connectivity index (χ3n) is 6.59. The average molecular weight is 570 g/mol. The molecule has 1 N–H and O–H groups in total. The van der Waals surface area contributed by atoms with Crippen LogP contribution in [0.2, 0.25) is 0 Å². The minimum absolute atomic E-state index is 0. The van der Waals surface area contributed by atoms with Crippen molar-refractivity contribution < 1.29 is 4.74 Å². The van der Waals surface area contributed by atoms with Gasteiger partial charge in [-0.05, 0) is 62.9 Å². The predicted molar refractivity (Wildman–Crippen MR) is 144 cm³/mol. The third-order valence-corrected chi connectivity index (χ3v) is 7.42. The van der Waals surface area contributed by atoms with Crippen LogP contribution in [0.25, 0.3) is 0 Å². The molecule has 0 aliphatic carbocycles. The first-order valence-corrected chi connectivity index (χ1v) is 12.3. The lowest BCUT2D eigenvalue weighted by Gasteiger charge is -2.32. The number of thiazole rings is 1. The number of benzene rings is 1. The van der Waals surface area contributed by atoms with Crippen LogP contribution in [-0.2, 0) is 6.54 Å². The lowest BCUT2D eigenvalue weighted by atomic mass is 9.97. The van der Waals surface area contributed by atoms with E-state index in [0.717, 1.165) is 56.0 Å². The highest BCUT2D eigenvalue weighted by Crippen LogP contribution is 2.28. The highest BCUT2D eigenvalue weighted by molar-refractivity contribution is 14.0. The summed E-state index contributed by atoms with van der Waals surface area (Å²) in [6.07, 6.45) is 3.64. The van der Waals surface area contributed by atoms with E-state index in [1.165, 1.54) is 30.5 Å². The van der Waals surface area contributed by atoms with Crippen molar-refractivity contribution in [3.8, 4) is 5.75 Å². The van der Waals surface area contributed by atoms with Crippen molar-refractivity contribution in [2.75, 3.05) is 46.9 Å². The van der Waals surface area contributed by atoms with Gasteiger partial charge in [-0.2, -0.15) is 0 Å². The Morgan fingerprint density at radius 3 is 2.56 bits per heavy atom. The Labute approximate surface area is 213 Å². The first-order chi connectivity index (χ1) is 15.1. The van der Waals surface area contributed by atoms with Gasteiger partial charge in [-0.1, -0.05) is 12.1 Å². The van der Waals surface area contributed by atoms with Gasteiger partial charge in [-0.3, -0.25) is 9.89 Å². The number of ether oxygens (including phenoxy) is 1. The van der Waals surface area contributed by atoms with Crippen LogP contribution in [0.15, 0.2) is 34.6 Å². The van der Waals surface area contributed by atoms with Crippen LogP contribution in [0.1, 0.15) is 41.4 Å². The summed E-state index contributed by atoms with van der Waals surface area (Å²) in [7, 11) is 3.62. The van der Waals surface area contributed by atoms with E-state index in [4.69, 9.17) is 4.74 Å². The summed E-state index contributed by atoms with van der Waals surface area (Å²) in [6, 6.07) is 8.52. The second-order valence-electron chi connectivity index (χ2n) is 8.71. The zero-order valence-electron chi connectivity index (χ0n) is 19.4. The highest BCUT2D eigenvalue weighted by Gasteiger charge is 2.27. The Hall–Kier alpha value is -1.39. The zero-order valence-corrected chi connectivity index (χ0v) is 22.6. The van der Waals surface area contributed by atoms with Crippen molar-refractivity contribution in [1.29, 1.82) is 0 Å². The van der Waals surface area contributed by atoms with Crippen molar-refractivity contribution in [1.82, 2.24) is 20.1 Å². The molecular weight excluding hydrogens is 533 g/mol. The van der Waals surface area contributed by atoms with Gasteiger partial charge < -0.3 is 15.0 Å². The van der Waals surface area contributed by atoms with Crippen LogP contribution in [0.4, 0.5) is 0 Å². The molecule has 2 aromatic rings. The van der Waals surface area contributed by atoms with Crippen molar-refractivity contribution in [2.45, 2.75) is 38.6 Å². The molecule has 3 heterocycles. The second-order valence-corrected chi connectivity index (χ2v) is 9.77. The molecular formula is C24H36IN5OS. The lowest BCUT2D eigenvalue weighted by Crippen LogP contribution is -2.44. The van der Waals surface area contributed by atoms with Crippen LogP contribution < -0.4 is 10.1 Å². The van der Waals surface area contributed by atoms with E-state index in [-0.39, 0.29) is 24.0 Å². The number of hydrogen-bond donors (Lipinski definition) is 1. The van der Waals surface area contributed by atoms with E-state index in [1.807, 2.05) is 7.05 Å². The Morgan fingerprint density at radius 2 is 1.94 bits per heavy atom. The molecule has 2 aliphatic heterocycles. The number of halogens is 1. The second kappa shape index (κ2) is 12.2. The number of aryl methyl sites for hydroxylation is 1. The molecule has 2 fully saturated rings. The average Bonchev–Trinajstić information content (AvgIpc) is 3.45. The lowest BCUT2D eigenvalue weighted by molar-refractivity contribution is 0.176. The molecule has 1 aromatic carbocycles. The quantitative estimate of drug-likeness (QED) is 0.319. The molecule has 1 atom stereocenters. The molecule has 2 saturated heterocycles. The van der Waals surface area contributed by atoms with E-state index in [0.29, 0.717) is 11.8 Å². The summed E-state index contributed by atoms with van der Waals surface area (Å²) in [5.41, 5.74) is 2.61. The SMILES string of the molecule is CN=C(NCC1CCN(Cc2csc(C)n2)CC1)N1CCC(c2ccc(OC)cc2)C1.I. The topological polar surface area (TPSA) is 53.0 Å². The Balaban J connectivity index is 0.00000289. The fourth-order valence-corrected chi connectivity index (χ4v) is 5.33. The zero-order chi connectivity index (χ0) is 21.6. The Morgan fingerprint density at radius 1 is 1.19 bits per heavy atom. The maximum atomic E-state index is 5.29. The molecule has 176 valence electrons. The molecule has 8 heteroatoms. The standard InChI is InChI=1S/C24H35N5OS.HI/c1-18-27-22(17-31-18)16-28-11-8-19(9-12-28)14-26-24(25-2)29-13-10-21(15-29)20-4-6-23(30-3)7-5-20;/h4-7,17,19,21H,8-16H2,1-3H3,(H,25,26);1H. The minimum Gasteiger partial charge on any atom is -0.497 e. The highest BCUT2D eigenvalue weighted by atomic mass is 127. The van der Waals surface area contributed by atoms with Gasteiger partial charge in [0.05, 0.1) is 17.8 Å². The molecule has 0 spiro atoms. The number of aromatic nitrogens is 1. The number of guanidine groups is 1. The van der Waals surface area contributed by atoms with Crippen molar-refractivity contribution in [3.05, 3.63) is 45.9 Å². The molecule has 0 saturated carbocycles. The number of aliphatic imine (C=N–C) groups is 1. The first-order valence-electron chi connectivity index (χ1n) is 11.4. The number of methoxy groups -OCH3 is 1. The molecule has 6 nitrogen and oxygen atoms in total. The summed E-state index contributed by atoms with van der Waals surface area (Å²) in [6.45, 7) is 8.49. The maximum Gasteiger partial charge on any atom is 0.193 e. The van der Waals surface area contributed by atoms with Gasteiger partial charge in [0.25, 0.3) is 0 Å². The molecule has 32 heavy (non-hydrogen) atoms.